The zero-order valence-corrected chi connectivity index (χ0v) is 13.9. The number of aromatic hydroxyl groups is 2. The third kappa shape index (κ3) is 2.12. The topological polar surface area (TPSA) is 62.2 Å². The number of phenolic OH excluding ortho intramolecular Hbond substituents is 2. The fourth-order valence-electron chi connectivity index (χ4n) is 4.01. The van der Waals surface area contributed by atoms with Crippen molar-refractivity contribution in [2.75, 3.05) is 20.8 Å². The van der Waals surface area contributed by atoms with Gasteiger partial charge in [-0.05, 0) is 36.1 Å². The van der Waals surface area contributed by atoms with E-state index in [-0.39, 0.29) is 17.5 Å². The highest BCUT2D eigenvalue weighted by molar-refractivity contribution is 5.56. The highest BCUT2D eigenvalue weighted by Gasteiger charge is 2.36. The minimum absolute atomic E-state index is 0.101. The van der Waals surface area contributed by atoms with Crippen molar-refractivity contribution in [2.24, 2.45) is 0 Å². The second-order valence-corrected chi connectivity index (χ2v) is 6.38. The SMILES string of the molecule is COc1ccc2c(c1O)CN1CCc3ccc(OC)c(O)c3C1C2. The predicted octanol–water partition coefficient (Wildman–Crippen LogP) is 2.77. The molecule has 0 radical (unpaired) electrons. The number of phenols is 2. The molecule has 5 nitrogen and oxygen atoms in total. The lowest BCUT2D eigenvalue weighted by molar-refractivity contribution is 0.154. The molecule has 2 N–H and O–H groups in total. The Bertz CT molecular complexity index is 802. The van der Waals surface area contributed by atoms with Crippen molar-refractivity contribution in [1.29, 1.82) is 0 Å². The summed E-state index contributed by atoms with van der Waals surface area (Å²) in [5, 5.41) is 21.1. The van der Waals surface area contributed by atoms with Crippen LogP contribution in [0.25, 0.3) is 0 Å². The Morgan fingerprint density at radius 2 is 1.62 bits per heavy atom. The lowest BCUT2D eigenvalue weighted by Crippen LogP contribution is -2.39. The number of hydrogen-bond donors (Lipinski definition) is 2. The molecule has 2 aliphatic rings. The molecule has 1 atom stereocenters. The highest BCUT2D eigenvalue weighted by Crippen LogP contribution is 2.47. The zero-order chi connectivity index (χ0) is 16.8. The molecule has 5 heteroatoms. The fraction of sp³-hybridized carbons (Fsp3) is 0.368. The summed E-state index contributed by atoms with van der Waals surface area (Å²) in [4.78, 5) is 2.31. The van der Waals surface area contributed by atoms with E-state index in [1.54, 1.807) is 20.3 Å². The lowest BCUT2D eigenvalue weighted by Gasteiger charge is -2.42. The molecule has 0 saturated carbocycles. The number of methoxy groups -OCH3 is 2. The Labute approximate surface area is 141 Å². The number of nitrogens with zero attached hydrogens (tertiary/aromatic N) is 1. The summed E-state index contributed by atoms with van der Waals surface area (Å²) in [6.07, 6.45) is 1.63. The quantitative estimate of drug-likeness (QED) is 0.888. The first-order valence-corrected chi connectivity index (χ1v) is 8.14. The summed E-state index contributed by atoms with van der Waals surface area (Å²) in [5.41, 5.74) is 4.17. The smallest absolute Gasteiger partial charge is 0.162 e. The van der Waals surface area contributed by atoms with Crippen LogP contribution in [-0.4, -0.2) is 35.9 Å². The van der Waals surface area contributed by atoms with E-state index in [1.165, 1.54) is 5.56 Å². The first-order chi connectivity index (χ1) is 11.6. The second-order valence-electron chi connectivity index (χ2n) is 6.38. The number of rotatable bonds is 2. The molecule has 0 spiro atoms. The minimum atomic E-state index is 0.101. The van der Waals surface area contributed by atoms with Crippen molar-refractivity contribution in [1.82, 2.24) is 4.90 Å². The van der Waals surface area contributed by atoms with Crippen molar-refractivity contribution < 1.29 is 19.7 Å². The molecule has 1 unspecified atom stereocenters. The van der Waals surface area contributed by atoms with Crippen LogP contribution in [0.3, 0.4) is 0 Å². The van der Waals surface area contributed by atoms with Crippen molar-refractivity contribution in [3.8, 4) is 23.0 Å². The van der Waals surface area contributed by atoms with Gasteiger partial charge < -0.3 is 19.7 Å². The molecule has 24 heavy (non-hydrogen) atoms. The molecule has 126 valence electrons. The van der Waals surface area contributed by atoms with E-state index in [1.807, 2.05) is 18.2 Å². The van der Waals surface area contributed by atoms with E-state index in [9.17, 15) is 10.2 Å². The summed E-state index contributed by atoms with van der Waals surface area (Å²) in [7, 11) is 3.14. The Hall–Kier alpha value is -2.40. The summed E-state index contributed by atoms with van der Waals surface area (Å²) < 4.78 is 10.5. The van der Waals surface area contributed by atoms with Gasteiger partial charge in [0.1, 0.15) is 0 Å². The first kappa shape index (κ1) is 15.1. The van der Waals surface area contributed by atoms with Crippen LogP contribution in [0.5, 0.6) is 23.0 Å². The fourth-order valence-corrected chi connectivity index (χ4v) is 4.01. The molecule has 4 rings (SSSR count). The monoisotopic (exact) mass is 327 g/mol. The van der Waals surface area contributed by atoms with Gasteiger partial charge in [0.2, 0.25) is 0 Å². The van der Waals surface area contributed by atoms with Crippen molar-refractivity contribution in [2.45, 2.75) is 25.4 Å². The van der Waals surface area contributed by atoms with E-state index >= 15 is 0 Å². The standard InChI is InChI=1S/C19H21NO4/c1-23-15-6-4-12-9-14-17-11(3-5-16(24-2)19(17)22)7-8-20(14)10-13(12)18(15)21/h3-6,14,21-22H,7-10H2,1-2H3. The van der Waals surface area contributed by atoms with Crippen LogP contribution < -0.4 is 9.47 Å². The lowest BCUT2D eigenvalue weighted by atomic mass is 9.83. The molecule has 2 aromatic carbocycles. The third-order valence-electron chi connectivity index (χ3n) is 5.27. The van der Waals surface area contributed by atoms with Crippen LogP contribution in [0.15, 0.2) is 24.3 Å². The molecule has 2 aromatic rings. The summed E-state index contributed by atoms with van der Waals surface area (Å²) in [5.74, 6) is 1.49. The third-order valence-corrected chi connectivity index (χ3v) is 5.27. The van der Waals surface area contributed by atoms with Crippen molar-refractivity contribution in [3.05, 3.63) is 46.5 Å². The van der Waals surface area contributed by atoms with Gasteiger partial charge in [0.25, 0.3) is 0 Å². The van der Waals surface area contributed by atoms with E-state index < -0.39 is 0 Å². The van der Waals surface area contributed by atoms with Gasteiger partial charge in [0.05, 0.1) is 14.2 Å². The Balaban J connectivity index is 1.80. The summed E-state index contributed by atoms with van der Waals surface area (Å²) in [6, 6.07) is 7.79. The van der Waals surface area contributed by atoms with E-state index in [4.69, 9.17) is 9.47 Å². The average molecular weight is 327 g/mol. The van der Waals surface area contributed by atoms with Crippen LogP contribution in [-0.2, 0) is 19.4 Å². The second kappa shape index (κ2) is 5.60. The maximum Gasteiger partial charge on any atom is 0.162 e. The van der Waals surface area contributed by atoms with Crippen LogP contribution in [0, 0.1) is 0 Å². The molecular formula is C19H21NO4. The molecular weight excluding hydrogens is 306 g/mol. The number of benzene rings is 2. The van der Waals surface area contributed by atoms with Crippen LogP contribution in [0.4, 0.5) is 0 Å². The van der Waals surface area contributed by atoms with E-state index in [2.05, 4.69) is 4.90 Å². The highest BCUT2D eigenvalue weighted by atomic mass is 16.5. The average Bonchev–Trinajstić information content (AvgIpc) is 2.61. The van der Waals surface area contributed by atoms with Gasteiger partial charge in [0.15, 0.2) is 23.0 Å². The first-order valence-electron chi connectivity index (χ1n) is 8.14. The largest absolute Gasteiger partial charge is 0.504 e. The van der Waals surface area contributed by atoms with Gasteiger partial charge in [-0.25, -0.2) is 0 Å². The Kier molecular flexibility index (Phi) is 3.53. The number of ether oxygens (including phenoxy) is 2. The number of fused-ring (bicyclic) bond motifs is 4. The maximum atomic E-state index is 10.6. The van der Waals surface area contributed by atoms with Gasteiger partial charge >= 0.3 is 0 Å². The van der Waals surface area contributed by atoms with Crippen LogP contribution in [0.1, 0.15) is 28.3 Å². The molecule has 0 aliphatic carbocycles. The maximum absolute atomic E-state index is 10.6. The van der Waals surface area contributed by atoms with Crippen LogP contribution >= 0.6 is 0 Å². The molecule has 0 saturated heterocycles. The molecule has 0 aromatic heterocycles. The molecule has 0 amide bonds. The van der Waals surface area contributed by atoms with Crippen molar-refractivity contribution >= 4 is 0 Å². The Morgan fingerprint density at radius 1 is 0.958 bits per heavy atom. The van der Waals surface area contributed by atoms with Gasteiger partial charge in [-0.15, -0.1) is 0 Å². The normalized spacial score (nSPS) is 19.2. The molecule has 0 fully saturated rings. The van der Waals surface area contributed by atoms with E-state index in [0.29, 0.717) is 18.0 Å². The summed E-state index contributed by atoms with van der Waals surface area (Å²) in [6.45, 7) is 1.55. The molecule has 0 bridgehead atoms. The van der Waals surface area contributed by atoms with Gasteiger partial charge in [-0.1, -0.05) is 12.1 Å². The van der Waals surface area contributed by atoms with Gasteiger partial charge in [-0.3, -0.25) is 4.90 Å². The molecule has 2 heterocycles. The zero-order valence-electron chi connectivity index (χ0n) is 13.9. The van der Waals surface area contributed by atoms with Crippen LogP contribution in [0.2, 0.25) is 0 Å². The minimum Gasteiger partial charge on any atom is -0.504 e. The Morgan fingerprint density at radius 3 is 2.33 bits per heavy atom. The van der Waals surface area contributed by atoms with Gasteiger partial charge in [-0.2, -0.15) is 0 Å². The van der Waals surface area contributed by atoms with Crippen molar-refractivity contribution in [3.63, 3.8) is 0 Å². The van der Waals surface area contributed by atoms with E-state index in [0.717, 1.165) is 36.1 Å². The number of hydrogen-bond acceptors (Lipinski definition) is 5. The summed E-state index contributed by atoms with van der Waals surface area (Å²) >= 11 is 0. The predicted molar refractivity (Wildman–Crippen MR) is 89.9 cm³/mol. The molecule has 2 aliphatic heterocycles. The van der Waals surface area contributed by atoms with Gasteiger partial charge in [0, 0.05) is 30.3 Å².